The number of piperidine rings is 1. The molecule has 0 spiro atoms. The molecule has 2 amide bonds. The molecule has 126 valence electrons. The van der Waals surface area contributed by atoms with E-state index >= 15 is 0 Å². The smallest absolute Gasteiger partial charge is 0.261 e. The molecule has 0 atom stereocenters. The number of amides is 2. The molecule has 7 heteroatoms. The summed E-state index contributed by atoms with van der Waals surface area (Å²) in [4.78, 5) is 40.2. The van der Waals surface area contributed by atoms with Crippen LogP contribution >= 0.6 is 0 Å². The second-order valence-corrected chi connectivity index (χ2v) is 6.09. The van der Waals surface area contributed by atoms with Crippen LogP contribution in [0.3, 0.4) is 0 Å². The van der Waals surface area contributed by atoms with Crippen molar-refractivity contribution in [1.29, 1.82) is 0 Å². The summed E-state index contributed by atoms with van der Waals surface area (Å²) in [5, 5.41) is 3.73. The molecule has 1 aromatic heterocycles. The topological polar surface area (TPSA) is 108 Å². The molecular weight excluding hydrogens is 308 g/mol. The Morgan fingerprint density at radius 1 is 1.25 bits per heavy atom. The molecule has 1 saturated heterocycles. The lowest BCUT2D eigenvalue weighted by Gasteiger charge is -2.31. The number of nitrogens with zero attached hydrogens (tertiary/aromatic N) is 1. The summed E-state index contributed by atoms with van der Waals surface area (Å²) in [6.07, 6.45) is 1.45. The number of pyridine rings is 1. The van der Waals surface area contributed by atoms with Gasteiger partial charge in [-0.3, -0.25) is 19.3 Å². The van der Waals surface area contributed by atoms with Gasteiger partial charge in [0.2, 0.25) is 5.91 Å². The van der Waals surface area contributed by atoms with E-state index in [1.54, 1.807) is 12.1 Å². The number of likely N-dealkylation sites (tertiary alicyclic amines) is 1. The minimum Gasteiger partial charge on any atom is -0.369 e. The van der Waals surface area contributed by atoms with E-state index in [4.69, 9.17) is 5.73 Å². The zero-order valence-corrected chi connectivity index (χ0v) is 13.2. The molecule has 0 unspecified atom stereocenters. The number of fused-ring (bicyclic) bond motifs is 1. The third-order valence-electron chi connectivity index (χ3n) is 4.30. The molecule has 24 heavy (non-hydrogen) atoms. The third-order valence-corrected chi connectivity index (χ3v) is 4.30. The lowest BCUT2D eigenvalue weighted by molar-refractivity contribution is -0.119. The average Bonchev–Trinajstić information content (AvgIpc) is 2.55. The standard InChI is InChI=1S/C17H20N4O3/c18-15(22)10-21-7-5-12(6-8-21)19-16(23)13-9-11-3-1-2-4-14(11)20-17(13)24/h1-4,9,12H,5-8,10H2,(H2,18,22)(H,19,23)(H,20,24). The molecule has 1 aliphatic rings. The zero-order chi connectivity index (χ0) is 17.1. The fourth-order valence-electron chi connectivity index (χ4n) is 3.04. The molecule has 7 nitrogen and oxygen atoms in total. The minimum absolute atomic E-state index is 0.00695. The largest absolute Gasteiger partial charge is 0.369 e. The Bertz CT molecular complexity index is 822. The van der Waals surface area contributed by atoms with Gasteiger partial charge in [0.25, 0.3) is 11.5 Å². The number of carbonyl (C=O) groups excluding carboxylic acids is 2. The summed E-state index contributed by atoms with van der Waals surface area (Å²) >= 11 is 0. The quantitative estimate of drug-likeness (QED) is 0.745. The lowest BCUT2D eigenvalue weighted by atomic mass is 10.0. The Labute approximate surface area is 138 Å². The van der Waals surface area contributed by atoms with E-state index in [1.165, 1.54) is 0 Å². The second-order valence-electron chi connectivity index (χ2n) is 6.09. The van der Waals surface area contributed by atoms with Gasteiger partial charge in [0, 0.05) is 24.6 Å². The maximum absolute atomic E-state index is 12.4. The van der Waals surface area contributed by atoms with Crippen molar-refractivity contribution in [2.24, 2.45) is 5.73 Å². The maximum Gasteiger partial charge on any atom is 0.261 e. The Kier molecular flexibility index (Phi) is 4.61. The minimum atomic E-state index is -0.391. The van der Waals surface area contributed by atoms with Crippen LogP contribution in [0.25, 0.3) is 10.9 Å². The Hall–Kier alpha value is -2.67. The lowest BCUT2D eigenvalue weighted by Crippen LogP contribution is -2.47. The van der Waals surface area contributed by atoms with Crippen molar-refractivity contribution < 1.29 is 9.59 Å². The van der Waals surface area contributed by atoms with E-state index in [0.29, 0.717) is 18.6 Å². The highest BCUT2D eigenvalue weighted by Crippen LogP contribution is 2.12. The van der Waals surface area contributed by atoms with Gasteiger partial charge < -0.3 is 16.0 Å². The molecule has 1 aliphatic heterocycles. The number of para-hydroxylation sites is 1. The number of primary amides is 1. The number of benzene rings is 1. The second kappa shape index (κ2) is 6.84. The van der Waals surface area contributed by atoms with E-state index in [1.807, 2.05) is 23.1 Å². The highest BCUT2D eigenvalue weighted by atomic mass is 16.2. The molecule has 1 fully saturated rings. The number of hydrogen-bond donors (Lipinski definition) is 3. The van der Waals surface area contributed by atoms with Gasteiger partial charge in [0.1, 0.15) is 5.56 Å². The van der Waals surface area contributed by atoms with Crippen molar-refractivity contribution in [1.82, 2.24) is 15.2 Å². The van der Waals surface area contributed by atoms with Crippen molar-refractivity contribution in [2.75, 3.05) is 19.6 Å². The highest BCUT2D eigenvalue weighted by molar-refractivity contribution is 5.97. The third kappa shape index (κ3) is 3.62. The zero-order valence-electron chi connectivity index (χ0n) is 13.2. The van der Waals surface area contributed by atoms with E-state index < -0.39 is 5.56 Å². The van der Waals surface area contributed by atoms with Crippen LogP contribution in [0.1, 0.15) is 23.2 Å². The number of nitrogens with one attached hydrogen (secondary N) is 2. The van der Waals surface area contributed by atoms with Crippen LogP contribution < -0.4 is 16.6 Å². The first kappa shape index (κ1) is 16.2. The van der Waals surface area contributed by atoms with Gasteiger partial charge in [-0.15, -0.1) is 0 Å². The first-order valence-electron chi connectivity index (χ1n) is 7.96. The molecule has 0 aliphatic carbocycles. The SMILES string of the molecule is NC(=O)CN1CCC(NC(=O)c2cc3ccccc3[nH]c2=O)CC1. The summed E-state index contributed by atoms with van der Waals surface area (Å²) in [5.41, 5.74) is 5.62. The van der Waals surface area contributed by atoms with E-state index in [9.17, 15) is 14.4 Å². The molecule has 1 aromatic carbocycles. The van der Waals surface area contributed by atoms with E-state index in [0.717, 1.165) is 18.2 Å². The number of H-pyrrole nitrogens is 1. The molecule has 2 aromatic rings. The van der Waals surface area contributed by atoms with Gasteiger partial charge in [0.05, 0.1) is 6.54 Å². The van der Waals surface area contributed by atoms with Gasteiger partial charge in [-0.05, 0) is 30.4 Å². The van der Waals surface area contributed by atoms with E-state index in [-0.39, 0.29) is 30.0 Å². The monoisotopic (exact) mass is 328 g/mol. The highest BCUT2D eigenvalue weighted by Gasteiger charge is 2.23. The van der Waals surface area contributed by atoms with Crippen molar-refractivity contribution >= 4 is 22.7 Å². The van der Waals surface area contributed by atoms with Gasteiger partial charge in [-0.25, -0.2) is 0 Å². The van der Waals surface area contributed by atoms with Gasteiger partial charge in [-0.1, -0.05) is 18.2 Å². The normalized spacial score (nSPS) is 16.2. The molecule has 0 radical (unpaired) electrons. The number of rotatable bonds is 4. The van der Waals surface area contributed by atoms with Crippen molar-refractivity contribution in [2.45, 2.75) is 18.9 Å². The summed E-state index contributed by atoms with van der Waals surface area (Å²) in [7, 11) is 0. The van der Waals surface area contributed by atoms with Crippen LogP contribution in [0.4, 0.5) is 0 Å². The maximum atomic E-state index is 12.4. The predicted molar refractivity (Wildman–Crippen MR) is 90.7 cm³/mol. The summed E-state index contributed by atoms with van der Waals surface area (Å²) in [5.74, 6) is -0.712. The summed E-state index contributed by atoms with van der Waals surface area (Å²) in [6.45, 7) is 1.63. The number of aromatic amines is 1. The number of carbonyl (C=O) groups is 2. The first-order chi connectivity index (χ1) is 11.5. The number of aromatic nitrogens is 1. The number of hydrogen-bond acceptors (Lipinski definition) is 4. The van der Waals surface area contributed by atoms with Crippen LogP contribution in [-0.2, 0) is 4.79 Å². The van der Waals surface area contributed by atoms with Crippen molar-refractivity contribution in [3.8, 4) is 0 Å². The molecule has 4 N–H and O–H groups in total. The molecule has 2 heterocycles. The molecule has 3 rings (SSSR count). The van der Waals surface area contributed by atoms with Crippen LogP contribution in [0.5, 0.6) is 0 Å². The first-order valence-corrected chi connectivity index (χ1v) is 7.96. The van der Waals surface area contributed by atoms with Gasteiger partial charge >= 0.3 is 0 Å². The Balaban J connectivity index is 1.67. The van der Waals surface area contributed by atoms with Crippen LogP contribution in [0.15, 0.2) is 35.1 Å². The Morgan fingerprint density at radius 2 is 1.96 bits per heavy atom. The van der Waals surface area contributed by atoms with Crippen molar-refractivity contribution in [3.05, 3.63) is 46.2 Å². The van der Waals surface area contributed by atoms with Gasteiger partial charge in [-0.2, -0.15) is 0 Å². The fourth-order valence-corrected chi connectivity index (χ4v) is 3.04. The van der Waals surface area contributed by atoms with Gasteiger partial charge in [0.15, 0.2) is 0 Å². The van der Waals surface area contributed by atoms with Crippen LogP contribution in [-0.4, -0.2) is 47.4 Å². The van der Waals surface area contributed by atoms with Crippen LogP contribution in [0, 0.1) is 0 Å². The fraction of sp³-hybridized carbons (Fsp3) is 0.353. The number of nitrogens with two attached hydrogens (primary N) is 1. The molecule has 0 bridgehead atoms. The van der Waals surface area contributed by atoms with Crippen molar-refractivity contribution in [3.63, 3.8) is 0 Å². The Morgan fingerprint density at radius 3 is 2.67 bits per heavy atom. The summed E-state index contributed by atoms with van der Waals surface area (Å²) < 4.78 is 0. The average molecular weight is 328 g/mol. The summed E-state index contributed by atoms with van der Waals surface area (Å²) in [6, 6.07) is 8.95. The molecule has 0 saturated carbocycles. The predicted octanol–water partition coefficient (Wildman–Crippen LogP) is 0.208. The van der Waals surface area contributed by atoms with Crippen LogP contribution in [0.2, 0.25) is 0 Å². The van der Waals surface area contributed by atoms with E-state index in [2.05, 4.69) is 10.3 Å². The molecular formula is C17H20N4O3.